The minimum Gasteiger partial charge on any atom is -0.491 e. The molecule has 2 aromatic carbocycles. The molecule has 8 heteroatoms. The summed E-state index contributed by atoms with van der Waals surface area (Å²) in [5, 5.41) is 11.1. The van der Waals surface area contributed by atoms with E-state index in [1.807, 2.05) is 35.1 Å². The van der Waals surface area contributed by atoms with E-state index in [1.165, 1.54) is 11.1 Å². The highest BCUT2D eigenvalue weighted by Gasteiger charge is 2.05. The minimum atomic E-state index is 0. The minimum absolute atomic E-state index is 0. The Balaban J connectivity index is 0.00000341. The molecule has 0 bridgehead atoms. The summed E-state index contributed by atoms with van der Waals surface area (Å²) in [5.74, 6) is 1.58. The van der Waals surface area contributed by atoms with Crippen molar-refractivity contribution in [1.29, 1.82) is 0 Å². The SMILES string of the molecule is CN=C(NCc1cccc(OCCOC)c1)NCc1ccccc1Cn1cccn1.I. The van der Waals surface area contributed by atoms with Crippen LogP contribution in [0.5, 0.6) is 5.75 Å². The second-order valence-electron chi connectivity index (χ2n) is 6.74. The molecule has 0 spiro atoms. The van der Waals surface area contributed by atoms with Gasteiger partial charge in [0.15, 0.2) is 5.96 Å². The molecular formula is C23H30IN5O2. The van der Waals surface area contributed by atoms with Crippen LogP contribution >= 0.6 is 24.0 Å². The van der Waals surface area contributed by atoms with Gasteiger partial charge in [0, 0.05) is 39.6 Å². The van der Waals surface area contributed by atoms with E-state index in [-0.39, 0.29) is 24.0 Å². The van der Waals surface area contributed by atoms with E-state index < -0.39 is 0 Å². The number of aromatic nitrogens is 2. The van der Waals surface area contributed by atoms with Gasteiger partial charge in [-0.2, -0.15) is 5.10 Å². The standard InChI is InChI=1S/C23H29N5O2.HI/c1-24-23(25-16-19-7-5-10-22(15-19)30-14-13-29-2)26-17-20-8-3-4-9-21(20)18-28-12-6-11-27-28;/h3-12,15H,13-14,16-18H2,1-2H3,(H2,24,25,26);1H. The van der Waals surface area contributed by atoms with Gasteiger partial charge in [0.1, 0.15) is 12.4 Å². The van der Waals surface area contributed by atoms with Crippen molar-refractivity contribution in [2.75, 3.05) is 27.4 Å². The maximum Gasteiger partial charge on any atom is 0.191 e. The predicted molar refractivity (Wildman–Crippen MR) is 134 cm³/mol. The molecule has 2 N–H and O–H groups in total. The van der Waals surface area contributed by atoms with Gasteiger partial charge in [-0.3, -0.25) is 9.67 Å². The highest BCUT2D eigenvalue weighted by molar-refractivity contribution is 14.0. The van der Waals surface area contributed by atoms with Gasteiger partial charge in [0.25, 0.3) is 0 Å². The van der Waals surface area contributed by atoms with Gasteiger partial charge in [-0.1, -0.05) is 36.4 Å². The summed E-state index contributed by atoms with van der Waals surface area (Å²) in [4.78, 5) is 4.34. The van der Waals surface area contributed by atoms with Crippen molar-refractivity contribution in [1.82, 2.24) is 20.4 Å². The van der Waals surface area contributed by atoms with Crippen LogP contribution in [-0.2, 0) is 24.4 Å². The smallest absolute Gasteiger partial charge is 0.191 e. The first-order valence-corrected chi connectivity index (χ1v) is 9.98. The molecule has 31 heavy (non-hydrogen) atoms. The van der Waals surface area contributed by atoms with Crippen molar-refractivity contribution < 1.29 is 9.47 Å². The van der Waals surface area contributed by atoms with E-state index in [4.69, 9.17) is 9.47 Å². The van der Waals surface area contributed by atoms with Crippen molar-refractivity contribution in [3.8, 4) is 5.75 Å². The third-order valence-corrected chi connectivity index (χ3v) is 4.59. The molecule has 0 unspecified atom stereocenters. The van der Waals surface area contributed by atoms with Crippen molar-refractivity contribution >= 4 is 29.9 Å². The van der Waals surface area contributed by atoms with E-state index >= 15 is 0 Å². The van der Waals surface area contributed by atoms with Crippen molar-refractivity contribution in [2.45, 2.75) is 19.6 Å². The Morgan fingerprint density at radius 3 is 2.55 bits per heavy atom. The fourth-order valence-electron chi connectivity index (χ4n) is 3.03. The number of rotatable bonds is 10. The van der Waals surface area contributed by atoms with Gasteiger partial charge >= 0.3 is 0 Å². The third kappa shape index (κ3) is 8.22. The molecule has 3 aromatic rings. The number of hydrogen-bond acceptors (Lipinski definition) is 4. The zero-order chi connectivity index (χ0) is 21.0. The maximum absolute atomic E-state index is 5.68. The fraction of sp³-hybridized carbons (Fsp3) is 0.304. The lowest BCUT2D eigenvalue weighted by molar-refractivity contribution is 0.146. The van der Waals surface area contributed by atoms with Gasteiger partial charge in [0.05, 0.1) is 13.2 Å². The molecule has 0 saturated heterocycles. The number of ether oxygens (including phenoxy) is 2. The summed E-state index contributed by atoms with van der Waals surface area (Å²) >= 11 is 0. The summed E-state index contributed by atoms with van der Waals surface area (Å²) in [7, 11) is 3.44. The first-order valence-electron chi connectivity index (χ1n) is 9.98. The van der Waals surface area contributed by atoms with Gasteiger partial charge in [0.2, 0.25) is 0 Å². The van der Waals surface area contributed by atoms with E-state index in [9.17, 15) is 0 Å². The molecule has 0 atom stereocenters. The highest BCUT2D eigenvalue weighted by Crippen LogP contribution is 2.13. The number of benzene rings is 2. The molecule has 3 rings (SSSR count). The van der Waals surface area contributed by atoms with Crippen LogP contribution < -0.4 is 15.4 Å². The Hall–Kier alpha value is -2.59. The highest BCUT2D eigenvalue weighted by atomic mass is 127. The van der Waals surface area contributed by atoms with Crippen LogP contribution in [0.1, 0.15) is 16.7 Å². The Kier molecular flexibility index (Phi) is 10.9. The zero-order valence-electron chi connectivity index (χ0n) is 18.0. The Bertz CT molecular complexity index is 931. The lowest BCUT2D eigenvalue weighted by Gasteiger charge is -2.15. The Morgan fingerprint density at radius 1 is 1.00 bits per heavy atom. The normalized spacial score (nSPS) is 11.0. The lowest BCUT2D eigenvalue weighted by Crippen LogP contribution is -2.36. The zero-order valence-corrected chi connectivity index (χ0v) is 20.3. The Labute approximate surface area is 200 Å². The predicted octanol–water partition coefficient (Wildman–Crippen LogP) is 3.44. The fourth-order valence-corrected chi connectivity index (χ4v) is 3.03. The molecule has 0 radical (unpaired) electrons. The van der Waals surface area contributed by atoms with E-state index in [1.54, 1.807) is 20.4 Å². The van der Waals surface area contributed by atoms with Crippen LogP contribution in [0.2, 0.25) is 0 Å². The summed E-state index contributed by atoms with van der Waals surface area (Å²) in [6.45, 7) is 3.18. The first-order chi connectivity index (χ1) is 14.8. The molecule has 0 fully saturated rings. The van der Waals surface area contributed by atoms with Crippen LogP contribution in [-0.4, -0.2) is 43.1 Å². The summed E-state index contributed by atoms with van der Waals surface area (Å²) in [6, 6.07) is 18.3. The molecule has 0 aliphatic rings. The number of nitrogens with one attached hydrogen (secondary N) is 2. The molecule has 0 saturated carbocycles. The van der Waals surface area contributed by atoms with Crippen LogP contribution in [0.25, 0.3) is 0 Å². The molecular weight excluding hydrogens is 505 g/mol. The molecule has 0 aliphatic heterocycles. The van der Waals surface area contributed by atoms with Gasteiger partial charge < -0.3 is 20.1 Å². The molecule has 166 valence electrons. The second-order valence-corrected chi connectivity index (χ2v) is 6.74. The monoisotopic (exact) mass is 535 g/mol. The number of hydrogen-bond donors (Lipinski definition) is 2. The van der Waals surface area contributed by atoms with Crippen molar-refractivity contribution in [2.24, 2.45) is 4.99 Å². The first kappa shape index (κ1) is 24.7. The lowest BCUT2D eigenvalue weighted by atomic mass is 10.1. The molecule has 0 aliphatic carbocycles. The Morgan fingerprint density at radius 2 is 1.81 bits per heavy atom. The third-order valence-electron chi connectivity index (χ3n) is 4.59. The van der Waals surface area contributed by atoms with Crippen molar-refractivity contribution in [3.05, 3.63) is 83.7 Å². The van der Waals surface area contributed by atoms with Gasteiger partial charge in [-0.25, -0.2) is 0 Å². The number of guanidine groups is 1. The van der Waals surface area contributed by atoms with E-state index in [2.05, 4.69) is 51.1 Å². The number of methoxy groups -OCH3 is 1. The topological polar surface area (TPSA) is 72.7 Å². The number of nitrogens with zero attached hydrogens (tertiary/aromatic N) is 3. The van der Waals surface area contributed by atoms with Gasteiger partial charge in [-0.15, -0.1) is 24.0 Å². The average molecular weight is 535 g/mol. The molecule has 7 nitrogen and oxygen atoms in total. The number of aliphatic imine (C=N–C) groups is 1. The van der Waals surface area contributed by atoms with Crippen LogP contribution in [0.4, 0.5) is 0 Å². The largest absolute Gasteiger partial charge is 0.491 e. The maximum atomic E-state index is 5.68. The molecule has 1 aromatic heterocycles. The van der Waals surface area contributed by atoms with E-state index in [0.29, 0.717) is 26.3 Å². The molecule has 0 amide bonds. The van der Waals surface area contributed by atoms with E-state index in [0.717, 1.165) is 23.8 Å². The summed E-state index contributed by atoms with van der Waals surface area (Å²) in [6.07, 6.45) is 3.77. The number of halogens is 1. The summed E-state index contributed by atoms with van der Waals surface area (Å²) in [5.41, 5.74) is 3.56. The second kappa shape index (κ2) is 13.7. The van der Waals surface area contributed by atoms with Crippen LogP contribution in [0, 0.1) is 0 Å². The van der Waals surface area contributed by atoms with Crippen molar-refractivity contribution in [3.63, 3.8) is 0 Å². The van der Waals surface area contributed by atoms with Crippen LogP contribution in [0.3, 0.4) is 0 Å². The van der Waals surface area contributed by atoms with Crippen LogP contribution in [0.15, 0.2) is 72.0 Å². The summed E-state index contributed by atoms with van der Waals surface area (Å²) < 4.78 is 12.6. The average Bonchev–Trinajstić information content (AvgIpc) is 3.28. The quantitative estimate of drug-likeness (QED) is 0.180. The molecule has 1 heterocycles. The van der Waals surface area contributed by atoms with Gasteiger partial charge in [-0.05, 0) is 34.9 Å².